The molecule has 0 radical (unpaired) electrons. The number of rotatable bonds is 10. The maximum Gasteiger partial charge on any atom is 0.247 e. The minimum Gasteiger partial charge on any atom is -0.310 e. The van der Waals surface area contributed by atoms with E-state index in [2.05, 4.69) is 262 Å². The lowest BCUT2D eigenvalue weighted by atomic mass is 9.31. The number of para-hydroxylation sites is 2. The van der Waals surface area contributed by atoms with Crippen LogP contribution in [0, 0.1) is 0 Å². The number of hydrogen-bond donors (Lipinski definition) is 0. The smallest absolute Gasteiger partial charge is 0.247 e. The van der Waals surface area contributed by atoms with Gasteiger partial charge in [0, 0.05) is 44.0 Å². The third-order valence-electron chi connectivity index (χ3n) is 17.7. The summed E-state index contributed by atoms with van der Waals surface area (Å²) in [6.07, 6.45) is 0. The molecule has 0 bridgehead atoms. The molecule has 2 aliphatic heterocycles. The van der Waals surface area contributed by atoms with Gasteiger partial charge in [-0.2, -0.15) is 0 Å². The van der Waals surface area contributed by atoms with Crippen LogP contribution in [0.1, 0.15) is 152 Å². The fraction of sp³-hybridized carbons (Fsp3) is 0.250. The third kappa shape index (κ3) is 7.15. The fourth-order valence-electron chi connectivity index (χ4n) is 14.1. The van der Waals surface area contributed by atoms with Crippen molar-refractivity contribution < 1.29 is 0 Å². The summed E-state index contributed by atoms with van der Waals surface area (Å²) in [5, 5.41) is 5.27. The summed E-state index contributed by atoms with van der Waals surface area (Å²) < 4.78 is 5.41. The van der Waals surface area contributed by atoms with Crippen LogP contribution in [-0.4, -0.2) is 22.6 Å². The van der Waals surface area contributed by atoms with Crippen molar-refractivity contribution in [3.05, 3.63) is 203 Å². The average Bonchev–Trinajstić information content (AvgIpc) is 4.09. The zero-order valence-electron chi connectivity index (χ0n) is 46.7. The Morgan fingerprint density at radius 1 is 0.316 bits per heavy atom. The SMILES string of the molecule is CC(C)c1cc(C(C)C)c(B2c3cc4c(cc3-n3c5cccc(-c6ccccc6)c5c5cccc2c53)B(c2c(C(C)C)cc(C(C)C)cc2C(C)C)c2cccc3c5c(-c6ccccc6)cccc5n-4c23)c(C(C)C)c1. The highest BCUT2D eigenvalue weighted by atomic mass is 15.0. The van der Waals surface area contributed by atoms with Gasteiger partial charge in [0.25, 0.3) is 0 Å². The van der Waals surface area contributed by atoms with Gasteiger partial charge >= 0.3 is 0 Å². The van der Waals surface area contributed by atoms with E-state index in [1.165, 1.54) is 143 Å². The maximum absolute atomic E-state index is 2.71. The monoisotopic (exact) mass is 985 g/mol. The predicted octanol–water partition coefficient (Wildman–Crippen LogP) is 15.6. The molecule has 0 aliphatic carbocycles. The van der Waals surface area contributed by atoms with Crippen molar-refractivity contribution in [2.45, 2.75) is 119 Å². The largest absolute Gasteiger partial charge is 0.310 e. The zero-order chi connectivity index (χ0) is 52.6. The topological polar surface area (TPSA) is 9.86 Å². The van der Waals surface area contributed by atoms with E-state index in [0.717, 1.165) is 0 Å². The summed E-state index contributed by atoms with van der Waals surface area (Å²) in [6.45, 7) is 28.8. The molecule has 374 valence electrons. The first-order valence-electron chi connectivity index (χ1n) is 28.5. The second kappa shape index (κ2) is 18.2. The highest BCUT2D eigenvalue weighted by molar-refractivity contribution is 7.00. The van der Waals surface area contributed by atoms with Gasteiger partial charge in [-0.25, -0.2) is 0 Å². The molecule has 4 heteroatoms. The van der Waals surface area contributed by atoms with Crippen LogP contribution in [0.25, 0.3) is 77.2 Å². The molecule has 0 unspecified atom stereocenters. The van der Waals surface area contributed by atoms with Gasteiger partial charge in [-0.1, -0.05) is 240 Å². The van der Waals surface area contributed by atoms with E-state index in [4.69, 9.17) is 0 Å². The van der Waals surface area contributed by atoms with E-state index in [9.17, 15) is 0 Å². The van der Waals surface area contributed by atoms with E-state index in [1.54, 1.807) is 0 Å². The van der Waals surface area contributed by atoms with E-state index in [-0.39, 0.29) is 13.4 Å². The van der Waals surface area contributed by atoms with Crippen molar-refractivity contribution in [3.63, 3.8) is 0 Å². The highest BCUT2D eigenvalue weighted by Gasteiger charge is 2.43. The Labute approximate surface area is 452 Å². The van der Waals surface area contributed by atoms with Crippen LogP contribution in [0.5, 0.6) is 0 Å². The van der Waals surface area contributed by atoms with Crippen molar-refractivity contribution in [3.8, 4) is 33.6 Å². The number of benzene rings is 9. The number of nitrogens with zero attached hydrogens (tertiary/aromatic N) is 2. The molecular weight excluding hydrogens is 914 g/mol. The van der Waals surface area contributed by atoms with Gasteiger partial charge in [-0.15, -0.1) is 0 Å². The van der Waals surface area contributed by atoms with Gasteiger partial charge in [0.05, 0.1) is 11.0 Å². The molecule has 0 fully saturated rings. The van der Waals surface area contributed by atoms with E-state index in [1.807, 2.05) is 0 Å². The van der Waals surface area contributed by atoms with Crippen molar-refractivity contribution >= 4 is 89.8 Å². The molecule has 0 atom stereocenters. The molecule has 2 aliphatic rings. The Balaban J connectivity index is 1.25. The predicted molar refractivity (Wildman–Crippen MR) is 333 cm³/mol. The van der Waals surface area contributed by atoms with Crippen molar-refractivity contribution in [1.82, 2.24) is 9.13 Å². The number of hydrogen-bond acceptors (Lipinski definition) is 0. The van der Waals surface area contributed by atoms with Gasteiger partial charge in [0.1, 0.15) is 0 Å². The Hall–Kier alpha value is -7.29. The van der Waals surface area contributed by atoms with Gasteiger partial charge < -0.3 is 9.13 Å². The second-order valence-electron chi connectivity index (χ2n) is 24.3. The first kappa shape index (κ1) is 48.4. The Kier molecular flexibility index (Phi) is 11.6. The lowest BCUT2D eigenvalue weighted by molar-refractivity contribution is 0.812. The maximum atomic E-state index is 2.71. The summed E-state index contributed by atoms with van der Waals surface area (Å²) in [4.78, 5) is 0. The molecule has 13 rings (SSSR count). The highest BCUT2D eigenvalue weighted by Crippen LogP contribution is 2.43. The molecule has 0 N–H and O–H groups in total. The molecule has 0 amide bonds. The fourth-order valence-corrected chi connectivity index (χ4v) is 14.1. The van der Waals surface area contributed by atoms with Crippen LogP contribution in [0.4, 0.5) is 0 Å². The van der Waals surface area contributed by atoms with E-state index < -0.39 is 0 Å². The van der Waals surface area contributed by atoms with Crippen molar-refractivity contribution in [2.75, 3.05) is 0 Å². The van der Waals surface area contributed by atoms with Crippen LogP contribution >= 0.6 is 0 Å². The van der Waals surface area contributed by atoms with Crippen molar-refractivity contribution in [1.29, 1.82) is 0 Å². The summed E-state index contributed by atoms with van der Waals surface area (Å²) in [5.74, 6) is 2.12. The molecule has 4 heterocycles. The summed E-state index contributed by atoms with van der Waals surface area (Å²) in [5.41, 5.74) is 30.0. The lowest BCUT2D eigenvalue weighted by Gasteiger charge is -2.36. The Morgan fingerprint density at radius 3 is 0.987 bits per heavy atom. The number of aromatic nitrogens is 2. The average molecular weight is 985 g/mol. The van der Waals surface area contributed by atoms with Crippen molar-refractivity contribution in [2.24, 2.45) is 0 Å². The summed E-state index contributed by atoms with van der Waals surface area (Å²) in [7, 11) is 0. The van der Waals surface area contributed by atoms with Crippen LogP contribution in [0.2, 0.25) is 0 Å². The summed E-state index contributed by atoms with van der Waals surface area (Å²) >= 11 is 0. The molecule has 0 saturated heterocycles. The normalized spacial score (nSPS) is 13.1. The van der Waals surface area contributed by atoms with Gasteiger partial charge in [-0.3, -0.25) is 0 Å². The molecule has 0 saturated carbocycles. The lowest BCUT2D eigenvalue weighted by Crippen LogP contribution is -2.61. The standard InChI is InChI=1S/C72H70B2N2/c1-41(2)49-35-55(43(5)6)69(56(36-49)44(7)8)73-59-31-19-29-53-67-51(47-23-15-13-16-24-47)27-21-33-63(67)75(71(53)59)65-40-62-66(39-61(65)73)76-64-34-22-28-52(48-25-17-14-18-26-48)68(64)54-30-20-32-60(72(54)76)74(62)70-57(45(9)10)37-50(42(3)4)38-58(70)46(11)12/h13-46H,1-12H3. The minimum absolute atomic E-state index is 0.0207. The Bertz CT molecular complexity index is 3800. The van der Waals surface area contributed by atoms with Crippen LogP contribution in [-0.2, 0) is 0 Å². The van der Waals surface area contributed by atoms with Crippen LogP contribution < -0.4 is 32.8 Å². The van der Waals surface area contributed by atoms with Crippen LogP contribution in [0.3, 0.4) is 0 Å². The van der Waals surface area contributed by atoms with Gasteiger partial charge in [0.2, 0.25) is 13.4 Å². The first-order valence-corrected chi connectivity index (χ1v) is 28.5. The molecule has 76 heavy (non-hydrogen) atoms. The second-order valence-corrected chi connectivity index (χ2v) is 24.3. The molecule has 11 aromatic rings. The molecule has 0 spiro atoms. The first-order chi connectivity index (χ1) is 36.7. The van der Waals surface area contributed by atoms with Gasteiger partial charge in [-0.05, 0) is 137 Å². The summed E-state index contributed by atoms with van der Waals surface area (Å²) in [6, 6.07) is 66.4. The quantitative estimate of drug-likeness (QED) is 0.121. The molecule has 2 nitrogen and oxygen atoms in total. The number of fused-ring (bicyclic) bond motifs is 10. The van der Waals surface area contributed by atoms with E-state index in [0.29, 0.717) is 35.5 Å². The molecule has 2 aromatic heterocycles. The minimum atomic E-state index is -0.0207. The van der Waals surface area contributed by atoms with E-state index >= 15 is 0 Å². The van der Waals surface area contributed by atoms with Gasteiger partial charge in [0.15, 0.2) is 0 Å². The molecular formula is C72H70B2N2. The third-order valence-corrected chi connectivity index (χ3v) is 17.7. The zero-order valence-corrected chi connectivity index (χ0v) is 46.7. The van der Waals surface area contributed by atoms with Crippen LogP contribution in [0.15, 0.2) is 170 Å². The Morgan fingerprint density at radius 2 is 0.658 bits per heavy atom. The molecule has 9 aromatic carbocycles.